The first-order valence-corrected chi connectivity index (χ1v) is 5.73. The quantitative estimate of drug-likeness (QED) is 0.684. The highest BCUT2D eigenvalue weighted by molar-refractivity contribution is 5.79. The van der Waals surface area contributed by atoms with Gasteiger partial charge in [-0.25, -0.2) is 9.97 Å². The molecule has 0 fully saturated rings. The fraction of sp³-hybridized carbons (Fsp3) is 0.0667. The van der Waals surface area contributed by atoms with Gasteiger partial charge in [-0.15, -0.1) is 0 Å². The Bertz CT molecular complexity index is 695. The van der Waals surface area contributed by atoms with Gasteiger partial charge in [0.15, 0.2) is 5.65 Å². The predicted molar refractivity (Wildman–Crippen MR) is 71.5 cm³/mol. The van der Waals surface area contributed by atoms with Gasteiger partial charge in [0.25, 0.3) is 0 Å². The standard InChI is InChI=1S/C15H12N2O/c1-18-14-7-3-2-6-12(14)13-9-8-11-5-4-10-16-15(11)17-13/h2-10H,1H3. The van der Waals surface area contributed by atoms with Crippen LogP contribution in [-0.2, 0) is 0 Å². The van der Waals surface area contributed by atoms with Gasteiger partial charge in [0.2, 0.25) is 0 Å². The highest BCUT2D eigenvalue weighted by Crippen LogP contribution is 2.28. The fourth-order valence-corrected chi connectivity index (χ4v) is 1.96. The van der Waals surface area contributed by atoms with E-state index in [1.54, 1.807) is 13.3 Å². The van der Waals surface area contributed by atoms with E-state index in [4.69, 9.17) is 4.74 Å². The predicted octanol–water partition coefficient (Wildman–Crippen LogP) is 3.31. The summed E-state index contributed by atoms with van der Waals surface area (Å²) in [5.41, 5.74) is 2.60. The number of pyridine rings is 2. The number of hydrogen-bond donors (Lipinski definition) is 0. The van der Waals surface area contributed by atoms with Crippen molar-refractivity contribution in [3.8, 4) is 17.0 Å². The number of ether oxygens (including phenoxy) is 1. The molecule has 0 radical (unpaired) electrons. The van der Waals surface area contributed by atoms with Gasteiger partial charge in [-0.05, 0) is 36.4 Å². The van der Waals surface area contributed by atoms with Crippen LogP contribution in [0.25, 0.3) is 22.3 Å². The molecule has 0 saturated heterocycles. The second-order valence-electron chi connectivity index (χ2n) is 3.95. The average Bonchev–Trinajstić information content (AvgIpc) is 2.46. The molecule has 2 heterocycles. The minimum atomic E-state index is 0.751. The zero-order valence-corrected chi connectivity index (χ0v) is 10.00. The zero-order valence-electron chi connectivity index (χ0n) is 10.00. The van der Waals surface area contributed by atoms with Crippen molar-refractivity contribution in [2.45, 2.75) is 0 Å². The molecule has 0 spiro atoms. The summed E-state index contributed by atoms with van der Waals surface area (Å²) in [5, 5.41) is 1.04. The Labute approximate surface area is 105 Å². The van der Waals surface area contributed by atoms with Crippen molar-refractivity contribution in [2.24, 2.45) is 0 Å². The van der Waals surface area contributed by atoms with Crippen molar-refractivity contribution in [3.05, 3.63) is 54.7 Å². The van der Waals surface area contributed by atoms with Crippen molar-refractivity contribution in [3.63, 3.8) is 0 Å². The van der Waals surface area contributed by atoms with Crippen molar-refractivity contribution >= 4 is 11.0 Å². The molecule has 0 aliphatic heterocycles. The fourth-order valence-electron chi connectivity index (χ4n) is 1.96. The molecule has 0 unspecified atom stereocenters. The lowest BCUT2D eigenvalue weighted by Gasteiger charge is -2.07. The molecule has 0 aliphatic carbocycles. The number of hydrogen-bond acceptors (Lipinski definition) is 3. The highest BCUT2D eigenvalue weighted by atomic mass is 16.5. The van der Waals surface area contributed by atoms with E-state index in [2.05, 4.69) is 9.97 Å². The van der Waals surface area contributed by atoms with Gasteiger partial charge in [-0.2, -0.15) is 0 Å². The zero-order chi connectivity index (χ0) is 12.4. The van der Waals surface area contributed by atoms with E-state index in [1.165, 1.54) is 0 Å². The molecule has 3 heteroatoms. The summed E-state index contributed by atoms with van der Waals surface area (Å²) >= 11 is 0. The molecule has 0 amide bonds. The van der Waals surface area contributed by atoms with Crippen LogP contribution in [0.1, 0.15) is 0 Å². The maximum atomic E-state index is 5.35. The first-order valence-electron chi connectivity index (χ1n) is 5.73. The molecule has 3 aromatic rings. The molecular weight excluding hydrogens is 224 g/mol. The van der Waals surface area contributed by atoms with Gasteiger partial charge in [0.05, 0.1) is 12.8 Å². The molecular formula is C15H12N2O. The summed E-state index contributed by atoms with van der Waals surface area (Å²) in [6.45, 7) is 0. The lowest BCUT2D eigenvalue weighted by atomic mass is 10.1. The van der Waals surface area contributed by atoms with E-state index in [-0.39, 0.29) is 0 Å². The molecule has 3 rings (SSSR count). The van der Waals surface area contributed by atoms with Gasteiger partial charge in [-0.3, -0.25) is 0 Å². The third-order valence-electron chi connectivity index (χ3n) is 2.85. The Morgan fingerprint density at radius 1 is 0.944 bits per heavy atom. The van der Waals surface area contributed by atoms with Crippen LogP contribution >= 0.6 is 0 Å². The number of methoxy groups -OCH3 is 1. The smallest absolute Gasteiger partial charge is 0.159 e. The third kappa shape index (κ3) is 1.80. The van der Waals surface area contributed by atoms with Gasteiger partial charge in [0.1, 0.15) is 5.75 Å². The summed E-state index contributed by atoms with van der Waals surface area (Å²) in [4.78, 5) is 8.83. The van der Waals surface area contributed by atoms with Gasteiger partial charge >= 0.3 is 0 Å². The SMILES string of the molecule is COc1ccccc1-c1ccc2cccnc2n1. The number of benzene rings is 1. The maximum Gasteiger partial charge on any atom is 0.159 e. The van der Waals surface area contributed by atoms with E-state index < -0.39 is 0 Å². The molecule has 0 atom stereocenters. The summed E-state index contributed by atoms with van der Waals surface area (Å²) < 4.78 is 5.35. The topological polar surface area (TPSA) is 35.0 Å². The van der Waals surface area contributed by atoms with Gasteiger partial charge in [-0.1, -0.05) is 12.1 Å². The first-order chi connectivity index (χ1) is 8.88. The molecule has 0 aliphatic rings. The second kappa shape index (κ2) is 4.45. The normalized spacial score (nSPS) is 10.5. The Kier molecular flexibility index (Phi) is 2.65. The van der Waals surface area contributed by atoms with Gasteiger partial charge < -0.3 is 4.74 Å². The van der Waals surface area contributed by atoms with Crippen LogP contribution in [0.4, 0.5) is 0 Å². The molecule has 1 aromatic carbocycles. The van der Waals surface area contributed by atoms with E-state index in [9.17, 15) is 0 Å². The maximum absolute atomic E-state index is 5.35. The molecule has 0 bridgehead atoms. The third-order valence-corrected chi connectivity index (χ3v) is 2.85. The Hall–Kier alpha value is -2.42. The van der Waals surface area contributed by atoms with Crippen LogP contribution in [0, 0.1) is 0 Å². The van der Waals surface area contributed by atoms with Crippen LogP contribution < -0.4 is 4.74 Å². The number of fused-ring (bicyclic) bond motifs is 1. The van der Waals surface area contributed by atoms with E-state index in [0.717, 1.165) is 28.0 Å². The van der Waals surface area contributed by atoms with Crippen LogP contribution in [0.3, 0.4) is 0 Å². The number of aromatic nitrogens is 2. The monoisotopic (exact) mass is 236 g/mol. The summed E-state index contributed by atoms with van der Waals surface area (Å²) in [6, 6.07) is 15.8. The number of rotatable bonds is 2. The van der Waals surface area contributed by atoms with E-state index in [1.807, 2.05) is 48.5 Å². The van der Waals surface area contributed by atoms with Crippen LogP contribution in [0.15, 0.2) is 54.7 Å². The molecule has 88 valence electrons. The molecule has 2 aromatic heterocycles. The molecule has 0 N–H and O–H groups in total. The summed E-state index contributed by atoms with van der Waals surface area (Å²) in [7, 11) is 1.66. The second-order valence-corrected chi connectivity index (χ2v) is 3.95. The van der Waals surface area contributed by atoms with Crippen molar-refractivity contribution in [1.29, 1.82) is 0 Å². The lowest BCUT2D eigenvalue weighted by Crippen LogP contribution is -1.91. The molecule has 0 saturated carbocycles. The molecule has 3 nitrogen and oxygen atoms in total. The Balaban J connectivity index is 2.19. The molecule has 18 heavy (non-hydrogen) atoms. The summed E-state index contributed by atoms with van der Waals surface area (Å²) in [5.74, 6) is 0.820. The van der Waals surface area contributed by atoms with Crippen molar-refractivity contribution < 1.29 is 4.74 Å². The first kappa shape index (κ1) is 10.7. The largest absolute Gasteiger partial charge is 0.496 e. The minimum absolute atomic E-state index is 0.751. The van der Waals surface area contributed by atoms with E-state index >= 15 is 0 Å². The average molecular weight is 236 g/mol. The van der Waals surface area contributed by atoms with Crippen LogP contribution in [-0.4, -0.2) is 17.1 Å². The lowest BCUT2D eigenvalue weighted by molar-refractivity contribution is 0.416. The summed E-state index contributed by atoms with van der Waals surface area (Å²) in [6.07, 6.45) is 1.75. The van der Waals surface area contributed by atoms with Crippen molar-refractivity contribution in [2.75, 3.05) is 7.11 Å². The Morgan fingerprint density at radius 3 is 2.72 bits per heavy atom. The minimum Gasteiger partial charge on any atom is -0.496 e. The number of para-hydroxylation sites is 1. The van der Waals surface area contributed by atoms with E-state index in [0.29, 0.717) is 0 Å². The highest BCUT2D eigenvalue weighted by Gasteiger charge is 2.06. The van der Waals surface area contributed by atoms with Crippen LogP contribution in [0.2, 0.25) is 0 Å². The van der Waals surface area contributed by atoms with Gasteiger partial charge in [0, 0.05) is 17.1 Å². The van der Waals surface area contributed by atoms with Crippen molar-refractivity contribution in [1.82, 2.24) is 9.97 Å². The number of nitrogens with zero attached hydrogens (tertiary/aromatic N) is 2. The Morgan fingerprint density at radius 2 is 1.83 bits per heavy atom. The van der Waals surface area contributed by atoms with Crippen LogP contribution in [0.5, 0.6) is 5.75 Å².